The number of aryl methyl sites for hydroxylation is 1. The third-order valence-corrected chi connectivity index (χ3v) is 4.71. The van der Waals surface area contributed by atoms with Gasteiger partial charge in [0.2, 0.25) is 5.91 Å². The summed E-state index contributed by atoms with van der Waals surface area (Å²) in [5.41, 5.74) is 3.57. The number of nitrogens with one attached hydrogen (secondary N) is 1. The van der Waals surface area contributed by atoms with Crippen LogP contribution in [0.25, 0.3) is 0 Å². The maximum Gasteiger partial charge on any atom is 0.226 e. The molecule has 23 heavy (non-hydrogen) atoms. The van der Waals surface area contributed by atoms with E-state index in [0.717, 1.165) is 24.8 Å². The predicted molar refractivity (Wildman–Crippen MR) is 89.2 cm³/mol. The van der Waals surface area contributed by atoms with Crippen molar-refractivity contribution in [2.45, 2.75) is 44.9 Å². The Kier molecular flexibility index (Phi) is 3.83. The van der Waals surface area contributed by atoms with Gasteiger partial charge in [-0.15, -0.1) is 0 Å². The average Bonchev–Trinajstić information content (AvgIpc) is 3.15. The van der Waals surface area contributed by atoms with Gasteiger partial charge in [-0.3, -0.25) is 14.4 Å². The number of anilines is 1. The highest BCUT2D eigenvalue weighted by molar-refractivity contribution is 6.30. The van der Waals surface area contributed by atoms with E-state index >= 15 is 0 Å². The summed E-state index contributed by atoms with van der Waals surface area (Å²) in [7, 11) is 0. The van der Waals surface area contributed by atoms with Gasteiger partial charge < -0.3 is 5.32 Å². The molecule has 1 N–H and O–H groups in total. The van der Waals surface area contributed by atoms with Crippen molar-refractivity contribution in [3.05, 3.63) is 46.7 Å². The third-order valence-electron chi connectivity index (χ3n) is 4.51. The molecule has 0 bridgehead atoms. The number of carbonyl (C=O) groups is 1. The fourth-order valence-corrected chi connectivity index (χ4v) is 3.31. The van der Waals surface area contributed by atoms with Gasteiger partial charge in [-0.1, -0.05) is 23.7 Å². The molecule has 0 spiro atoms. The molecule has 2 aliphatic rings. The Morgan fingerprint density at radius 3 is 2.96 bits per heavy atom. The first-order valence-electron chi connectivity index (χ1n) is 8.01. The maximum atomic E-state index is 12.2. The highest BCUT2D eigenvalue weighted by atomic mass is 35.5. The molecular formula is C17H19ClN4O. The standard InChI is InChI=1S/C17H19ClN4O/c18-13-8-19-22(10-13)7-6-17(23)20-16-3-1-2-12-9-21(11-15(12)16)14-4-5-14/h1-3,8,10,14H,4-7,9,11H2,(H,20,23). The van der Waals surface area contributed by atoms with Gasteiger partial charge >= 0.3 is 0 Å². The van der Waals surface area contributed by atoms with E-state index in [1.54, 1.807) is 17.1 Å². The van der Waals surface area contributed by atoms with E-state index < -0.39 is 0 Å². The SMILES string of the molecule is O=C(CCn1cc(Cl)cn1)Nc1cccc2c1CN(C1CC1)C2. The molecule has 1 aliphatic heterocycles. The third kappa shape index (κ3) is 3.26. The second-order valence-corrected chi connectivity index (χ2v) is 6.74. The molecule has 1 aromatic carbocycles. The van der Waals surface area contributed by atoms with Gasteiger partial charge in [0.25, 0.3) is 0 Å². The van der Waals surface area contributed by atoms with Gasteiger partial charge in [0.1, 0.15) is 0 Å². The molecule has 6 heteroatoms. The zero-order valence-corrected chi connectivity index (χ0v) is 13.6. The van der Waals surface area contributed by atoms with Crippen molar-refractivity contribution in [2.75, 3.05) is 5.32 Å². The van der Waals surface area contributed by atoms with Crippen molar-refractivity contribution >= 4 is 23.2 Å². The summed E-state index contributed by atoms with van der Waals surface area (Å²) in [6.45, 7) is 2.49. The summed E-state index contributed by atoms with van der Waals surface area (Å²) >= 11 is 5.83. The van der Waals surface area contributed by atoms with Crippen molar-refractivity contribution in [3.8, 4) is 0 Å². The lowest BCUT2D eigenvalue weighted by Crippen LogP contribution is -2.19. The van der Waals surface area contributed by atoms with E-state index in [1.165, 1.54) is 24.0 Å². The normalized spacial score (nSPS) is 17.3. The van der Waals surface area contributed by atoms with Crippen molar-refractivity contribution < 1.29 is 4.79 Å². The van der Waals surface area contributed by atoms with Crippen LogP contribution in [0.15, 0.2) is 30.6 Å². The highest BCUT2D eigenvalue weighted by Gasteiger charge is 2.33. The van der Waals surface area contributed by atoms with Gasteiger partial charge in [-0.05, 0) is 30.0 Å². The van der Waals surface area contributed by atoms with Crippen LogP contribution in [0.2, 0.25) is 5.02 Å². The summed E-state index contributed by atoms with van der Waals surface area (Å²) in [6.07, 6.45) is 6.30. The molecular weight excluding hydrogens is 312 g/mol. The molecule has 120 valence electrons. The topological polar surface area (TPSA) is 50.2 Å². The van der Waals surface area contributed by atoms with Crippen molar-refractivity contribution in [1.82, 2.24) is 14.7 Å². The number of hydrogen-bond donors (Lipinski definition) is 1. The quantitative estimate of drug-likeness (QED) is 0.916. The maximum absolute atomic E-state index is 12.2. The van der Waals surface area contributed by atoms with Gasteiger partial charge in [-0.25, -0.2) is 0 Å². The first-order valence-corrected chi connectivity index (χ1v) is 8.39. The van der Waals surface area contributed by atoms with E-state index in [2.05, 4.69) is 21.4 Å². The largest absolute Gasteiger partial charge is 0.326 e. The fourth-order valence-electron chi connectivity index (χ4n) is 3.15. The summed E-state index contributed by atoms with van der Waals surface area (Å²) in [6, 6.07) is 6.94. The van der Waals surface area contributed by atoms with Crippen LogP contribution in [0.1, 0.15) is 30.4 Å². The summed E-state index contributed by atoms with van der Waals surface area (Å²) in [5, 5.41) is 7.74. The molecule has 1 aliphatic carbocycles. The molecule has 1 amide bonds. The molecule has 5 nitrogen and oxygen atoms in total. The molecule has 2 aromatic rings. The number of benzene rings is 1. The Hall–Kier alpha value is -1.85. The molecule has 1 fully saturated rings. The van der Waals surface area contributed by atoms with Crippen LogP contribution in [0.3, 0.4) is 0 Å². The van der Waals surface area contributed by atoms with Crippen LogP contribution in [-0.2, 0) is 24.4 Å². The minimum absolute atomic E-state index is 0.00916. The van der Waals surface area contributed by atoms with E-state index in [1.807, 2.05) is 12.1 Å². The van der Waals surface area contributed by atoms with E-state index in [9.17, 15) is 4.79 Å². The number of rotatable bonds is 5. The minimum atomic E-state index is 0.00916. The van der Waals surface area contributed by atoms with Gasteiger partial charge in [0.15, 0.2) is 0 Å². The lowest BCUT2D eigenvalue weighted by atomic mass is 10.1. The number of fused-ring (bicyclic) bond motifs is 1. The van der Waals surface area contributed by atoms with Crippen LogP contribution >= 0.6 is 11.6 Å². The summed E-state index contributed by atoms with van der Waals surface area (Å²) in [5.74, 6) is 0.00916. The molecule has 0 atom stereocenters. The Bertz CT molecular complexity index is 738. The Morgan fingerprint density at radius 2 is 2.22 bits per heavy atom. The van der Waals surface area contributed by atoms with Crippen LogP contribution in [0.4, 0.5) is 5.69 Å². The minimum Gasteiger partial charge on any atom is -0.326 e. The van der Waals surface area contributed by atoms with Crippen LogP contribution < -0.4 is 5.32 Å². The smallest absolute Gasteiger partial charge is 0.226 e. The molecule has 0 radical (unpaired) electrons. The average molecular weight is 331 g/mol. The lowest BCUT2D eigenvalue weighted by Gasteiger charge is -2.13. The zero-order valence-electron chi connectivity index (χ0n) is 12.8. The van der Waals surface area contributed by atoms with Gasteiger partial charge in [0.05, 0.1) is 11.2 Å². The highest BCUT2D eigenvalue weighted by Crippen LogP contribution is 2.37. The number of aromatic nitrogens is 2. The first-order chi connectivity index (χ1) is 11.2. The van der Waals surface area contributed by atoms with Crippen LogP contribution in [0.5, 0.6) is 0 Å². The number of halogens is 1. The predicted octanol–water partition coefficient (Wildman–Crippen LogP) is 3.04. The van der Waals surface area contributed by atoms with Crippen LogP contribution in [0, 0.1) is 0 Å². The summed E-state index contributed by atoms with van der Waals surface area (Å²) < 4.78 is 1.69. The molecule has 1 saturated carbocycles. The molecule has 1 aromatic heterocycles. The summed E-state index contributed by atoms with van der Waals surface area (Å²) in [4.78, 5) is 14.7. The van der Waals surface area contributed by atoms with E-state index in [0.29, 0.717) is 18.0 Å². The Morgan fingerprint density at radius 1 is 1.35 bits per heavy atom. The fraction of sp³-hybridized carbons (Fsp3) is 0.412. The van der Waals surface area contributed by atoms with Gasteiger partial charge in [0, 0.05) is 44.0 Å². The molecule has 2 heterocycles. The Labute approximate surface area is 140 Å². The van der Waals surface area contributed by atoms with Gasteiger partial charge in [-0.2, -0.15) is 5.10 Å². The van der Waals surface area contributed by atoms with Crippen molar-refractivity contribution in [3.63, 3.8) is 0 Å². The number of hydrogen-bond acceptors (Lipinski definition) is 3. The number of nitrogens with zero attached hydrogens (tertiary/aromatic N) is 3. The number of carbonyl (C=O) groups excluding carboxylic acids is 1. The molecule has 4 rings (SSSR count). The first kappa shape index (κ1) is 14.7. The van der Waals surface area contributed by atoms with Crippen molar-refractivity contribution in [2.24, 2.45) is 0 Å². The second-order valence-electron chi connectivity index (χ2n) is 6.30. The second kappa shape index (κ2) is 5.98. The lowest BCUT2D eigenvalue weighted by molar-refractivity contribution is -0.116. The monoisotopic (exact) mass is 330 g/mol. The molecule has 0 unspecified atom stereocenters. The van der Waals surface area contributed by atoms with E-state index in [4.69, 9.17) is 11.6 Å². The van der Waals surface area contributed by atoms with Crippen LogP contribution in [-0.4, -0.2) is 26.6 Å². The van der Waals surface area contributed by atoms with Crippen molar-refractivity contribution in [1.29, 1.82) is 0 Å². The molecule has 0 saturated heterocycles. The Balaban J connectivity index is 1.39. The number of amides is 1. The zero-order chi connectivity index (χ0) is 15.8. The van der Waals surface area contributed by atoms with E-state index in [-0.39, 0.29) is 5.91 Å².